The van der Waals surface area contributed by atoms with E-state index in [9.17, 15) is 4.79 Å². The van der Waals surface area contributed by atoms with Crippen molar-refractivity contribution in [3.63, 3.8) is 0 Å². The lowest BCUT2D eigenvalue weighted by molar-refractivity contribution is -0.138. The molecule has 0 saturated heterocycles. The van der Waals surface area contributed by atoms with Crippen LogP contribution in [0.1, 0.15) is 5.56 Å². The average Bonchev–Trinajstić information content (AvgIpc) is 2.08. The van der Waals surface area contributed by atoms with E-state index in [2.05, 4.69) is 0 Å². The van der Waals surface area contributed by atoms with Crippen LogP contribution in [0.2, 0.25) is 0 Å². The van der Waals surface area contributed by atoms with Gasteiger partial charge in [-0.1, -0.05) is 12.1 Å². The molecule has 16 heavy (non-hydrogen) atoms. The first-order valence-corrected chi connectivity index (χ1v) is 3.86. The van der Waals surface area contributed by atoms with E-state index in [1.165, 1.54) is 12.1 Å². The third kappa shape index (κ3) is 6.74. The van der Waals surface area contributed by atoms with E-state index >= 15 is 0 Å². The van der Waals surface area contributed by atoms with E-state index in [1.54, 1.807) is 12.1 Å². The number of carboxylic acid groups (broad SMARTS) is 1. The highest BCUT2D eigenvalue weighted by molar-refractivity contribution is 5.86. The van der Waals surface area contributed by atoms with Crippen molar-refractivity contribution in [2.24, 2.45) is 5.73 Å². The molecule has 0 spiro atoms. The van der Waals surface area contributed by atoms with Crippen LogP contribution in [0.15, 0.2) is 24.3 Å². The number of aliphatic carboxylic acids is 1. The van der Waals surface area contributed by atoms with Gasteiger partial charge in [-0.2, -0.15) is 0 Å². The Balaban J connectivity index is -0.000000563. The van der Waals surface area contributed by atoms with Crippen LogP contribution in [-0.2, 0) is 11.2 Å². The van der Waals surface area contributed by atoms with Crippen LogP contribution in [0.25, 0.3) is 0 Å². The molecule has 0 aromatic heterocycles. The molecule has 1 rings (SSSR count). The molecule has 4 nitrogen and oxygen atoms in total. The molecule has 0 bridgehead atoms. The van der Waals surface area contributed by atoms with Crippen molar-refractivity contribution in [1.82, 2.24) is 0 Å². The SMILES string of the molecule is Cl.Cl.Cl.NC(Cc1ccc(O)cc1)C(=O)O. The molecular weight excluding hydrogens is 276 g/mol. The second-order valence-corrected chi connectivity index (χ2v) is 2.82. The summed E-state index contributed by atoms with van der Waals surface area (Å²) in [5.41, 5.74) is 6.12. The van der Waals surface area contributed by atoms with Crippen molar-refractivity contribution in [2.45, 2.75) is 12.5 Å². The smallest absolute Gasteiger partial charge is 0.320 e. The predicted octanol–water partition coefficient (Wildman–Crippen LogP) is 1.61. The maximum atomic E-state index is 10.4. The lowest BCUT2D eigenvalue weighted by Crippen LogP contribution is -2.32. The van der Waals surface area contributed by atoms with E-state index in [4.69, 9.17) is 15.9 Å². The topological polar surface area (TPSA) is 83.5 Å². The first-order valence-electron chi connectivity index (χ1n) is 3.86. The lowest BCUT2D eigenvalue weighted by Gasteiger charge is -2.05. The van der Waals surface area contributed by atoms with Crippen molar-refractivity contribution >= 4 is 43.2 Å². The van der Waals surface area contributed by atoms with E-state index < -0.39 is 12.0 Å². The number of phenols is 1. The van der Waals surface area contributed by atoms with Crippen LogP contribution >= 0.6 is 37.2 Å². The maximum Gasteiger partial charge on any atom is 0.320 e. The van der Waals surface area contributed by atoms with Gasteiger partial charge in [0.2, 0.25) is 0 Å². The molecule has 0 amide bonds. The van der Waals surface area contributed by atoms with Crippen molar-refractivity contribution in [1.29, 1.82) is 0 Å². The third-order valence-corrected chi connectivity index (χ3v) is 1.71. The number of hydrogen-bond acceptors (Lipinski definition) is 3. The van der Waals surface area contributed by atoms with Crippen LogP contribution in [0.4, 0.5) is 0 Å². The van der Waals surface area contributed by atoms with Gasteiger partial charge in [0, 0.05) is 0 Å². The van der Waals surface area contributed by atoms with Crippen LogP contribution < -0.4 is 5.73 Å². The minimum absolute atomic E-state index is 0. The van der Waals surface area contributed by atoms with E-state index in [-0.39, 0.29) is 49.4 Å². The summed E-state index contributed by atoms with van der Waals surface area (Å²) in [5.74, 6) is -0.860. The quantitative estimate of drug-likeness (QED) is 0.790. The summed E-state index contributed by atoms with van der Waals surface area (Å²) in [5, 5.41) is 17.5. The minimum atomic E-state index is -1.02. The number of carboxylic acids is 1. The van der Waals surface area contributed by atoms with Crippen LogP contribution in [0.3, 0.4) is 0 Å². The molecule has 1 aromatic rings. The highest BCUT2D eigenvalue weighted by Gasteiger charge is 2.11. The Labute approximate surface area is 112 Å². The average molecular weight is 291 g/mol. The number of carbonyl (C=O) groups is 1. The van der Waals surface area contributed by atoms with Gasteiger partial charge in [-0.15, -0.1) is 37.2 Å². The second-order valence-electron chi connectivity index (χ2n) is 2.82. The number of halogens is 3. The van der Waals surface area contributed by atoms with Crippen molar-refractivity contribution in [3.8, 4) is 5.75 Å². The van der Waals surface area contributed by atoms with Gasteiger partial charge in [0.25, 0.3) is 0 Å². The molecule has 0 radical (unpaired) electrons. The normalized spacial score (nSPS) is 10.1. The lowest BCUT2D eigenvalue weighted by atomic mass is 10.1. The fourth-order valence-electron chi connectivity index (χ4n) is 0.973. The molecule has 0 fully saturated rings. The molecule has 0 aliphatic rings. The van der Waals surface area contributed by atoms with Gasteiger partial charge in [0.15, 0.2) is 0 Å². The van der Waals surface area contributed by atoms with Gasteiger partial charge < -0.3 is 15.9 Å². The highest BCUT2D eigenvalue weighted by Crippen LogP contribution is 2.10. The summed E-state index contributed by atoms with van der Waals surface area (Å²) in [7, 11) is 0. The Morgan fingerprint density at radius 2 is 1.62 bits per heavy atom. The van der Waals surface area contributed by atoms with Gasteiger partial charge in [-0.3, -0.25) is 4.79 Å². The number of aromatic hydroxyl groups is 1. The molecule has 1 atom stereocenters. The highest BCUT2D eigenvalue weighted by atomic mass is 35.5. The number of hydrogen-bond donors (Lipinski definition) is 3. The standard InChI is InChI=1S/C9H11NO3.3ClH/c10-8(9(12)13)5-6-1-3-7(11)4-2-6;;;/h1-4,8,11H,5,10H2,(H,12,13);3*1H. The largest absolute Gasteiger partial charge is 0.508 e. The Morgan fingerprint density at radius 3 is 2.00 bits per heavy atom. The van der Waals surface area contributed by atoms with Gasteiger partial charge >= 0.3 is 5.97 Å². The monoisotopic (exact) mass is 289 g/mol. The molecule has 0 saturated carbocycles. The molecular formula is C9H14Cl3NO3. The van der Waals surface area contributed by atoms with E-state index in [0.29, 0.717) is 0 Å². The molecule has 7 heteroatoms. The number of nitrogens with two attached hydrogens (primary N) is 1. The molecule has 0 heterocycles. The van der Waals surface area contributed by atoms with Gasteiger partial charge in [-0.25, -0.2) is 0 Å². The van der Waals surface area contributed by atoms with Crippen molar-refractivity contribution in [3.05, 3.63) is 29.8 Å². The van der Waals surface area contributed by atoms with Crippen LogP contribution in [0, 0.1) is 0 Å². The van der Waals surface area contributed by atoms with Gasteiger partial charge in [0.1, 0.15) is 11.8 Å². The summed E-state index contributed by atoms with van der Waals surface area (Å²) in [6, 6.07) is 5.42. The summed E-state index contributed by atoms with van der Waals surface area (Å²) in [4.78, 5) is 10.4. The molecule has 1 unspecified atom stereocenters. The summed E-state index contributed by atoms with van der Waals surface area (Å²) in [6.07, 6.45) is 0.273. The summed E-state index contributed by atoms with van der Waals surface area (Å²) in [6.45, 7) is 0. The van der Waals surface area contributed by atoms with Crippen molar-refractivity contribution < 1.29 is 15.0 Å². The Morgan fingerprint density at radius 1 is 1.19 bits per heavy atom. The third-order valence-electron chi connectivity index (χ3n) is 1.71. The number of benzene rings is 1. The Kier molecular flexibility index (Phi) is 12.3. The van der Waals surface area contributed by atoms with Gasteiger partial charge in [-0.05, 0) is 24.1 Å². The number of phenolic OH excluding ortho intramolecular Hbond substituents is 1. The fourth-order valence-corrected chi connectivity index (χ4v) is 0.973. The fraction of sp³-hybridized carbons (Fsp3) is 0.222. The zero-order valence-electron chi connectivity index (χ0n) is 8.20. The predicted molar refractivity (Wildman–Crippen MR) is 69.2 cm³/mol. The van der Waals surface area contributed by atoms with Crippen molar-refractivity contribution in [2.75, 3.05) is 0 Å². The van der Waals surface area contributed by atoms with E-state index in [1.807, 2.05) is 0 Å². The van der Waals surface area contributed by atoms with Gasteiger partial charge in [0.05, 0.1) is 0 Å². The first kappa shape index (κ1) is 20.7. The Hall–Kier alpha value is -0.680. The molecule has 94 valence electrons. The maximum absolute atomic E-state index is 10.4. The van der Waals surface area contributed by atoms with Crippen LogP contribution in [0.5, 0.6) is 5.75 Å². The molecule has 4 N–H and O–H groups in total. The number of rotatable bonds is 3. The Bertz CT molecular complexity index is 305. The minimum Gasteiger partial charge on any atom is -0.508 e. The summed E-state index contributed by atoms with van der Waals surface area (Å²) >= 11 is 0. The molecule has 1 aromatic carbocycles. The zero-order chi connectivity index (χ0) is 9.84. The van der Waals surface area contributed by atoms with Crippen LogP contribution in [-0.4, -0.2) is 22.2 Å². The molecule has 0 aliphatic carbocycles. The summed E-state index contributed by atoms with van der Waals surface area (Å²) < 4.78 is 0. The van der Waals surface area contributed by atoms with E-state index in [0.717, 1.165) is 5.56 Å². The zero-order valence-corrected chi connectivity index (χ0v) is 10.6. The molecule has 0 aliphatic heterocycles. The first-order chi connectivity index (χ1) is 6.09. The second kappa shape index (κ2) is 9.54.